The number of nitrogens with one attached hydrogen (secondary N) is 1. The Hall–Kier alpha value is -0.300. The summed E-state index contributed by atoms with van der Waals surface area (Å²) in [7, 11) is 0. The molecule has 1 nitrogen and oxygen atoms in total. The van der Waals surface area contributed by atoms with Gasteiger partial charge in [-0.2, -0.15) is 0 Å². The minimum atomic E-state index is 0.692. The standard InChI is InChI=1S/C12H23N/c1-4-5-6-7-10(2)11(3)13-12-8-9-12/h4,10-13H,1,5-9H2,2-3H3. The fourth-order valence-electron chi connectivity index (χ4n) is 1.62. The molecule has 1 aliphatic rings. The van der Waals surface area contributed by atoms with Crippen molar-refractivity contribution < 1.29 is 0 Å². The van der Waals surface area contributed by atoms with Crippen LogP contribution in [-0.2, 0) is 0 Å². The van der Waals surface area contributed by atoms with E-state index in [9.17, 15) is 0 Å². The van der Waals surface area contributed by atoms with E-state index < -0.39 is 0 Å². The van der Waals surface area contributed by atoms with Crippen molar-refractivity contribution in [3.63, 3.8) is 0 Å². The van der Waals surface area contributed by atoms with Crippen LogP contribution in [0.4, 0.5) is 0 Å². The molecular weight excluding hydrogens is 158 g/mol. The van der Waals surface area contributed by atoms with Crippen molar-refractivity contribution in [1.29, 1.82) is 0 Å². The van der Waals surface area contributed by atoms with Gasteiger partial charge in [0.2, 0.25) is 0 Å². The van der Waals surface area contributed by atoms with Crippen LogP contribution in [0.1, 0.15) is 46.0 Å². The van der Waals surface area contributed by atoms with E-state index in [1.165, 1.54) is 32.1 Å². The third-order valence-electron chi connectivity index (χ3n) is 3.00. The first kappa shape index (κ1) is 10.8. The van der Waals surface area contributed by atoms with Crippen molar-refractivity contribution in [3.05, 3.63) is 12.7 Å². The summed E-state index contributed by atoms with van der Waals surface area (Å²) < 4.78 is 0. The van der Waals surface area contributed by atoms with Gasteiger partial charge in [0.05, 0.1) is 0 Å². The Morgan fingerprint density at radius 3 is 2.69 bits per heavy atom. The molecule has 76 valence electrons. The van der Waals surface area contributed by atoms with Gasteiger partial charge in [-0.25, -0.2) is 0 Å². The van der Waals surface area contributed by atoms with Gasteiger partial charge in [-0.1, -0.05) is 13.0 Å². The molecule has 0 aromatic heterocycles. The first-order chi connectivity index (χ1) is 6.24. The maximum absolute atomic E-state index is 3.75. The number of hydrogen-bond donors (Lipinski definition) is 1. The zero-order valence-electron chi connectivity index (χ0n) is 9.05. The summed E-state index contributed by atoms with van der Waals surface area (Å²) >= 11 is 0. The smallest absolute Gasteiger partial charge is 0.00708 e. The molecule has 13 heavy (non-hydrogen) atoms. The van der Waals surface area contributed by atoms with Crippen LogP contribution in [0.2, 0.25) is 0 Å². The molecule has 1 rings (SSSR count). The number of allylic oxidation sites excluding steroid dienone is 1. The van der Waals surface area contributed by atoms with Gasteiger partial charge in [0.25, 0.3) is 0 Å². The predicted octanol–water partition coefficient (Wildman–Crippen LogP) is 3.12. The zero-order chi connectivity index (χ0) is 9.68. The summed E-state index contributed by atoms with van der Waals surface area (Å²) in [5, 5.41) is 3.65. The summed E-state index contributed by atoms with van der Waals surface area (Å²) in [6.45, 7) is 8.41. The Morgan fingerprint density at radius 2 is 2.15 bits per heavy atom. The van der Waals surface area contributed by atoms with E-state index in [1.54, 1.807) is 0 Å². The lowest BCUT2D eigenvalue weighted by Gasteiger charge is -2.20. The van der Waals surface area contributed by atoms with Gasteiger partial charge in [-0.15, -0.1) is 6.58 Å². The molecule has 0 amide bonds. The molecule has 2 unspecified atom stereocenters. The lowest BCUT2D eigenvalue weighted by molar-refractivity contribution is 0.370. The van der Waals surface area contributed by atoms with E-state index >= 15 is 0 Å². The highest BCUT2D eigenvalue weighted by Crippen LogP contribution is 2.22. The molecule has 2 atom stereocenters. The molecule has 1 N–H and O–H groups in total. The average Bonchev–Trinajstić information content (AvgIpc) is 2.88. The van der Waals surface area contributed by atoms with E-state index in [0.29, 0.717) is 6.04 Å². The molecule has 0 bridgehead atoms. The zero-order valence-corrected chi connectivity index (χ0v) is 9.05. The second kappa shape index (κ2) is 5.43. The second-order valence-electron chi connectivity index (χ2n) is 4.43. The third kappa shape index (κ3) is 4.47. The number of unbranched alkanes of at least 4 members (excludes halogenated alkanes) is 1. The quantitative estimate of drug-likeness (QED) is 0.470. The van der Waals surface area contributed by atoms with Crippen LogP contribution >= 0.6 is 0 Å². The summed E-state index contributed by atoms with van der Waals surface area (Å²) in [4.78, 5) is 0. The molecule has 0 aromatic carbocycles. The summed E-state index contributed by atoms with van der Waals surface area (Å²) in [5.74, 6) is 0.806. The van der Waals surface area contributed by atoms with Crippen LogP contribution in [0.25, 0.3) is 0 Å². The van der Waals surface area contributed by atoms with E-state index in [2.05, 4.69) is 25.7 Å². The highest BCUT2D eigenvalue weighted by molar-refractivity contribution is 4.85. The highest BCUT2D eigenvalue weighted by atomic mass is 15.0. The van der Waals surface area contributed by atoms with Gasteiger partial charge in [0.1, 0.15) is 0 Å². The SMILES string of the molecule is C=CCCCC(C)C(C)NC1CC1. The van der Waals surface area contributed by atoms with Crippen LogP contribution in [-0.4, -0.2) is 12.1 Å². The van der Waals surface area contributed by atoms with Gasteiger partial charge < -0.3 is 5.32 Å². The largest absolute Gasteiger partial charge is 0.311 e. The molecule has 0 spiro atoms. The van der Waals surface area contributed by atoms with E-state index in [1.807, 2.05) is 6.08 Å². The molecule has 0 saturated heterocycles. The summed E-state index contributed by atoms with van der Waals surface area (Å²) in [6, 6.07) is 1.54. The monoisotopic (exact) mass is 181 g/mol. The minimum absolute atomic E-state index is 0.692. The van der Waals surface area contributed by atoms with Gasteiger partial charge in [0.15, 0.2) is 0 Å². The Bertz CT molecular complexity index is 149. The van der Waals surface area contributed by atoms with Crippen LogP contribution < -0.4 is 5.32 Å². The Labute approximate surface area is 82.6 Å². The van der Waals surface area contributed by atoms with E-state index in [4.69, 9.17) is 0 Å². The van der Waals surface area contributed by atoms with Crippen molar-refractivity contribution in [2.45, 2.75) is 58.0 Å². The van der Waals surface area contributed by atoms with Crippen molar-refractivity contribution in [3.8, 4) is 0 Å². The van der Waals surface area contributed by atoms with Crippen molar-refractivity contribution in [2.75, 3.05) is 0 Å². The maximum Gasteiger partial charge on any atom is 0.00708 e. The molecular formula is C12H23N. The second-order valence-corrected chi connectivity index (χ2v) is 4.43. The summed E-state index contributed by atoms with van der Waals surface area (Å²) in [6.07, 6.45) is 8.59. The van der Waals surface area contributed by atoms with Crippen LogP contribution in [0.15, 0.2) is 12.7 Å². The third-order valence-corrected chi connectivity index (χ3v) is 3.00. The van der Waals surface area contributed by atoms with Gasteiger partial charge in [0, 0.05) is 12.1 Å². The fourth-order valence-corrected chi connectivity index (χ4v) is 1.62. The topological polar surface area (TPSA) is 12.0 Å². The van der Waals surface area contributed by atoms with E-state index in [0.717, 1.165) is 12.0 Å². The summed E-state index contributed by atoms with van der Waals surface area (Å²) in [5.41, 5.74) is 0. The fraction of sp³-hybridized carbons (Fsp3) is 0.833. The van der Waals surface area contributed by atoms with Crippen LogP contribution in [0.5, 0.6) is 0 Å². The van der Waals surface area contributed by atoms with Crippen molar-refractivity contribution >= 4 is 0 Å². The molecule has 0 aliphatic heterocycles. The Kier molecular flexibility index (Phi) is 4.51. The predicted molar refractivity (Wildman–Crippen MR) is 58.8 cm³/mol. The van der Waals surface area contributed by atoms with E-state index in [-0.39, 0.29) is 0 Å². The molecule has 1 saturated carbocycles. The van der Waals surface area contributed by atoms with Gasteiger partial charge >= 0.3 is 0 Å². The molecule has 1 fully saturated rings. The van der Waals surface area contributed by atoms with Gasteiger partial charge in [-0.05, 0) is 44.9 Å². The van der Waals surface area contributed by atoms with Crippen LogP contribution in [0.3, 0.4) is 0 Å². The molecule has 0 radical (unpaired) electrons. The van der Waals surface area contributed by atoms with Crippen molar-refractivity contribution in [1.82, 2.24) is 5.32 Å². The first-order valence-corrected chi connectivity index (χ1v) is 5.61. The lowest BCUT2D eigenvalue weighted by atomic mass is 9.97. The van der Waals surface area contributed by atoms with Crippen molar-refractivity contribution in [2.24, 2.45) is 5.92 Å². The normalized spacial score (nSPS) is 21.1. The molecule has 0 heterocycles. The lowest BCUT2D eigenvalue weighted by Crippen LogP contribution is -2.33. The highest BCUT2D eigenvalue weighted by Gasteiger charge is 2.24. The Balaban J connectivity index is 2.05. The number of hydrogen-bond acceptors (Lipinski definition) is 1. The maximum atomic E-state index is 3.75. The molecule has 1 heteroatoms. The van der Waals surface area contributed by atoms with Crippen LogP contribution in [0, 0.1) is 5.92 Å². The minimum Gasteiger partial charge on any atom is -0.311 e. The number of rotatable bonds is 7. The average molecular weight is 181 g/mol. The molecule has 1 aliphatic carbocycles. The Morgan fingerprint density at radius 1 is 1.46 bits per heavy atom. The van der Waals surface area contributed by atoms with Gasteiger partial charge in [-0.3, -0.25) is 0 Å². The molecule has 0 aromatic rings. The first-order valence-electron chi connectivity index (χ1n) is 5.61.